The van der Waals surface area contributed by atoms with Crippen LogP contribution in [0.5, 0.6) is 11.5 Å². The number of nitrogens with zero attached hydrogens (tertiary/aromatic N) is 1. The van der Waals surface area contributed by atoms with Gasteiger partial charge in [-0.3, -0.25) is 0 Å². The highest BCUT2D eigenvalue weighted by Crippen LogP contribution is 2.25. The number of halogens is 3. The Kier molecular flexibility index (Phi) is 4.34. The van der Waals surface area contributed by atoms with E-state index < -0.39 is 20.5 Å². The van der Waals surface area contributed by atoms with E-state index in [0.717, 1.165) is 12.1 Å². The molecule has 1 aromatic heterocycles. The summed E-state index contributed by atoms with van der Waals surface area (Å²) in [4.78, 5) is 3.50. The third-order valence-electron chi connectivity index (χ3n) is 2.32. The van der Waals surface area contributed by atoms with Crippen molar-refractivity contribution >= 4 is 25.8 Å². The van der Waals surface area contributed by atoms with E-state index in [2.05, 4.69) is 20.9 Å². The second-order valence-corrected chi connectivity index (χ2v) is 6.43. The number of pyridine rings is 1. The van der Waals surface area contributed by atoms with E-state index in [1.54, 1.807) is 12.1 Å². The van der Waals surface area contributed by atoms with E-state index in [9.17, 15) is 17.2 Å². The fourth-order valence-corrected chi connectivity index (χ4v) is 2.31. The Morgan fingerprint density at radius 2 is 1.65 bits per heavy atom. The van der Waals surface area contributed by atoms with Crippen molar-refractivity contribution in [3.8, 4) is 11.5 Å². The van der Waals surface area contributed by atoms with Crippen molar-refractivity contribution in [3.05, 3.63) is 47.2 Å². The number of benzene rings is 1. The standard InChI is InChI=1S/C12H8BrF2NO3S/c13-11-6-3-9(7-16-11)19-8-1-4-10(5-2-8)20(17,18)12(14)15/h1-7,12H. The van der Waals surface area contributed by atoms with Gasteiger partial charge in [0.2, 0.25) is 9.84 Å². The molecule has 0 radical (unpaired) electrons. The van der Waals surface area contributed by atoms with Crippen molar-refractivity contribution in [2.75, 3.05) is 0 Å². The van der Waals surface area contributed by atoms with Crippen LogP contribution < -0.4 is 4.74 Å². The smallest absolute Gasteiger partial charge is 0.341 e. The normalized spacial score (nSPS) is 11.6. The summed E-state index contributed by atoms with van der Waals surface area (Å²) in [5.41, 5.74) is 0. The van der Waals surface area contributed by atoms with Gasteiger partial charge < -0.3 is 4.74 Å². The number of hydrogen-bond donors (Lipinski definition) is 0. The minimum atomic E-state index is -4.58. The molecule has 0 aliphatic carbocycles. The van der Waals surface area contributed by atoms with Gasteiger partial charge in [-0.1, -0.05) is 0 Å². The maximum absolute atomic E-state index is 12.4. The van der Waals surface area contributed by atoms with Gasteiger partial charge >= 0.3 is 5.76 Å². The molecular weight excluding hydrogens is 356 g/mol. The van der Waals surface area contributed by atoms with Crippen LogP contribution >= 0.6 is 15.9 Å². The minimum Gasteiger partial charge on any atom is -0.456 e. The molecule has 0 saturated heterocycles. The van der Waals surface area contributed by atoms with Crippen LogP contribution in [0.2, 0.25) is 0 Å². The van der Waals surface area contributed by atoms with E-state index in [1.807, 2.05) is 0 Å². The van der Waals surface area contributed by atoms with Crippen molar-refractivity contribution in [1.29, 1.82) is 0 Å². The third-order valence-corrected chi connectivity index (χ3v) is 4.19. The third kappa shape index (κ3) is 3.31. The van der Waals surface area contributed by atoms with Gasteiger partial charge in [0.1, 0.15) is 16.1 Å². The molecule has 0 saturated carbocycles. The van der Waals surface area contributed by atoms with Gasteiger partial charge in [0, 0.05) is 0 Å². The first-order valence-corrected chi connectivity index (χ1v) is 7.65. The second kappa shape index (κ2) is 5.84. The Labute approximate surface area is 122 Å². The Bertz CT molecular complexity index is 688. The maximum Gasteiger partial charge on any atom is 0.341 e. The zero-order valence-electron chi connectivity index (χ0n) is 9.83. The summed E-state index contributed by atoms with van der Waals surface area (Å²) in [6.07, 6.45) is 1.47. The summed E-state index contributed by atoms with van der Waals surface area (Å²) in [6.45, 7) is 0. The highest BCUT2D eigenvalue weighted by Gasteiger charge is 2.26. The summed E-state index contributed by atoms with van der Waals surface area (Å²) >= 11 is 3.17. The molecule has 0 spiro atoms. The van der Waals surface area contributed by atoms with Crippen molar-refractivity contribution in [2.45, 2.75) is 10.7 Å². The number of ether oxygens (including phenoxy) is 1. The van der Waals surface area contributed by atoms with Crippen LogP contribution in [-0.4, -0.2) is 19.2 Å². The van der Waals surface area contributed by atoms with Gasteiger partial charge in [-0.05, 0) is 52.3 Å². The lowest BCUT2D eigenvalue weighted by molar-refractivity contribution is 0.234. The molecule has 0 bridgehead atoms. The first-order valence-electron chi connectivity index (χ1n) is 5.31. The number of rotatable bonds is 4. The number of alkyl halides is 2. The summed E-state index contributed by atoms with van der Waals surface area (Å²) in [7, 11) is -4.58. The first-order chi connectivity index (χ1) is 9.39. The lowest BCUT2D eigenvalue weighted by Gasteiger charge is -2.07. The van der Waals surface area contributed by atoms with E-state index in [1.165, 1.54) is 18.3 Å². The summed E-state index contributed by atoms with van der Waals surface area (Å²) in [5.74, 6) is -2.68. The van der Waals surface area contributed by atoms with Crippen LogP contribution in [0.15, 0.2) is 52.1 Å². The minimum absolute atomic E-state index is 0.322. The molecule has 1 heterocycles. The molecule has 1 aromatic carbocycles. The van der Waals surface area contributed by atoms with Crippen LogP contribution in [0.4, 0.5) is 8.78 Å². The van der Waals surface area contributed by atoms with Crippen molar-refractivity contribution in [3.63, 3.8) is 0 Å². The first kappa shape index (κ1) is 14.9. The Balaban J connectivity index is 2.19. The van der Waals surface area contributed by atoms with Gasteiger partial charge in [-0.15, -0.1) is 0 Å². The topological polar surface area (TPSA) is 56.3 Å². The molecule has 0 unspecified atom stereocenters. The fourth-order valence-electron chi connectivity index (χ4n) is 1.36. The largest absolute Gasteiger partial charge is 0.456 e. The Morgan fingerprint density at radius 3 is 2.15 bits per heavy atom. The monoisotopic (exact) mass is 363 g/mol. The van der Waals surface area contributed by atoms with Crippen LogP contribution in [0.1, 0.15) is 0 Å². The Hall–Kier alpha value is -1.54. The number of sulfone groups is 1. The van der Waals surface area contributed by atoms with Gasteiger partial charge in [0.05, 0.1) is 11.1 Å². The second-order valence-electron chi connectivity index (χ2n) is 3.70. The molecule has 0 N–H and O–H groups in total. The van der Waals surface area contributed by atoms with Crippen LogP contribution in [0, 0.1) is 0 Å². The predicted octanol–water partition coefficient (Wildman–Crippen LogP) is 3.63. The van der Waals surface area contributed by atoms with Crippen molar-refractivity contribution in [1.82, 2.24) is 4.98 Å². The van der Waals surface area contributed by atoms with Crippen LogP contribution in [-0.2, 0) is 9.84 Å². The highest BCUT2D eigenvalue weighted by molar-refractivity contribution is 9.10. The molecule has 8 heteroatoms. The average Bonchev–Trinajstić information content (AvgIpc) is 2.42. The molecule has 0 atom stereocenters. The molecular formula is C12H8BrF2NO3S. The van der Waals surface area contributed by atoms with Crippen molar-refractivity contribution < 1.29 is 21.9 Å². The molecule has 4 nitrogen and oxygen atoms in total. The summed E-state index contributed by atoms with van der Waals surface area (Å²) in [5, 5.41) is 0. The zero-order valence-corrected chi connectivity index (χ0v) is 12.2. The molecule has 20 heavy (non-hydrogen) atoms. The molecule has 0 aliphatic rings. The molecule has 2 rings (SSSR count). The molecule has 0 amide bonds. The molecule has 0 fully saturated rings. The van der Waals surface area contributed by atoms with E-state index >= 15 is 0 Å². The van der Waals surface area contributed by atoms with E-state index in [0.29, 0.717) is 16.1 Å². The predicted molar refractivity (Wildman–Crippen MR) is 71.6 cm³/mol. The number of aromatic nitrogens is 1. The maximum atomic E-state index is 12.4. The zero-order chi connectivity index (χ0) is 14.8. The quantitative estimate of drug-likeness (QED) is 0.778. The number of hydrogen-bond acceptors (Lipinski definition) is 4. The van der Waals surface area contributed by atoms with Gasteiger partial charge in [0.25, 0.3) is 0 Å². The summed E-state index contributed by atoms with van der Waals surface area (Å²) in [6, 6.07) is 8.08. The van der Waals surface area contributed by atoms with E-state index in [4.69, 9.17) is 4.74 Å². The van der Waals surface area contributed by atoms with Crippen LogP contribution in [0.25, 0.3) is 0 Å². The lowest BCUT2D eigenvalue weighted by atomic mass is 10.3. The summed E-state index contributed by atoms with van der Waals surface area (Å²) < 4.78 is 53.2. The van der Waals surface area contributed by atoms with Gasteiger partial charge in [-0.2, -0.15) is 8.78 Å². The molecule has 0 aliphatic heterocycles. The Morgan fingerprint density at radius 1 is 1.05 bits per heavy atom. The average molecular weight is 364 g/mol. The van der Waals surface area contributed by atoms with Crippen molar-refractivity contribution in [2.24, 2.45) is 0 Å². The van der Waals surface area contributed by atoms with Crippen LogP contribution in [0.3, 0.4) is 0 Å². The lowest BCUT2D eigenvalue weighted by Crippen LogP contribution is -2.11. The van der Waals surface area contributed by atoms with E-state index in [-0.39, 0.29) is 0 Å². The molecule has 2 aromatic rings. The SMILES string of the molecule is O=S(=O)(c1ccc(Oc2ccc(Br)nc2)cc1)C(F)F. The van der Waals surface area contributed by atoms with Gasteiger partial charge in [-0.25, -0.2) is 13.4 Å². The molecule has 106 valence electrons. The highest BCUT2D eigenvalue weighted by atomic mass is 79.9. The van der Waals surface area contributed by atoms with Gasteiger partial charge in [0.15, 0.2) is 0 Å². The fraction of sp³-hybridized carbons (Fsp3) is 0.0833.